The quantitative estimate of drug-likeness (QED) is 0.838. The first-order chi connectivity index (χ1) is 7.40. The van der Waals surface area contributed by atoms with Gasteiger partial charge in [-0.05, 0) is 12.1 Å². The Labute approximate surface area is 110 Å². The van der Waals surface area contributed by atoms with Crippen molar-refractivity contribution in [2.75, 3.05) is 5.32 Å². The van der Waals surface area contributed by atoms with Crippen LogP contribution in [0.25, 0.3) is 0 Å². The van der Waals surface area contributed by atoms with E-state index in [-0.39, 0.29) is 15.7 Å². The Balaban J connectivity index is 2.89. The van der Waals surface area contributed by atoms with Crippen molar-refractivity contribution in [3.63, 3.8) is 0 Å². The molecule has 0 spiro atoms. The summed E-state index contributed by atoms with van der Waals surface area (Å²) < 4.78 is 0.665. The van der Waals surface area contributed by atoms with Crippen molar-refractivity contribution in [1.29, 1.82) is 0 Å². The third kappa shape index (κ3) is 3.66. The fraction of sp³-hybridized carbons (Fsp3) is 0.111. The Morgan fingerprint density at radius 3 is 2.25 bits per heavy atom. The molecule has 1 aromatic carbocycles. The fourth-order valence-corrected chi connectivity index (χ4v) is 2.29. The van der Waals surface area contributed by atoms with Crippen LogP contribution < -0.4 is 5.32 Å². The van der Waals surface area contributed by atoms with Crippen LogP contribution in [0.15, 0.2) is 16.6 Å². The number of carbonyl (C=O) groups is 2. The van der Waals surface area contributed by atoms with Crippen LogP contribution >= 0.6 is 39.1 Å². The van der Waals surface area contributed by atoms with Crippen molar-refractivity contribution in [2.45, 2.75) is 6.42 Å². The maximum absolute atomic E-state index is 11.2. The van der Waals surface area contributed by atoms with E-state index in [4.69, 9.17) is 28.3 Å². The normalized spacial score (nSPS) is 9.94. The van der Waals surface area contributed by atoms with Gasteiger partial charge in [-0.15, -0.1) is 0 Å². The van der Waals surface area contributed by atoms with Crippen molar-refractivity contribution >= 4 is 56.7 Å². The summed E-state index contributed by atoms with van der Waals surface area (Å²) in [5.41, 5.74) is 0.206. The number of hydrogen-bond donors (Lipinski definition) is 2. The van der Waals surface area contributed by atoms with E-state index in [0.717, 1.165) is 0 Å². The van der Waals surface area contributed by atoms with Gasteiger partial charge in [0.05, 0.1) is 15.7 Å². The van der Waals surface area contributed by atoms with E-state index in [2.05, 4.69) is 21.2 Å². The SMILES string of the molecule is O=C(O)CC(=O)Nc1c(Cl)cc(Br)cc1Cl. The van der Waals surface area contributed by atoms with Crippen molar-refractivity contribution in [1.82, 2.24) is 0 Å². The van der Waals surface area contributed by atoms with Crippen LogP contribution in [0.2, 0.25) is 10.0 Å². The molecule has 0 saturated heterocycles. The van der Waals surface area contributed by atoms with Gasteiger partial charge in [-0.1, -0.05) is 39.1 Å². The Bertz CT molecular complexity index is 427. The molecule has 0 bridgehead atoms. The molecule has 0 aliphatic heterocycles. The van der Waals surface area contributed by atoms with Gasteiger partial charge in [0.2, 0.25) is 5.91 Å². The zero-order valence-electron chi connectivity index (χ0n) is 7.76. The maximum atomic E-state index is 11.2. The first-order valence-corrected chi connectivity index (χ1v) is 5.61. The molecule has 1 rings (SSSR count). The van der Waals surface area contributed by atoms with Crippen molar-refractivity contribution < 1.29 is 14.7 Å². The third-order valence-corrected chi connectivity index (χ3v) is 2.64. The van der Waals surface area contributed by atoms with Gasteiger partial charge in [0.1, 0.15) is 6.42 Å². The molecule has 0 aliphatic rings. The molecule has 0 fully saturated rings. The lowest BCUT2D eigenvalue weighted by atomic mass is 10.3. The molecule has 0 aromatic heterocycles. The van der Waals surface area contributed by atoms with Crippen molar-refractivity contribution in [2.24, 2.45) is 0 Å². The second kappa shape index (κ2) is 5.52. The Hall–Kier alpha value is -0.780. The highest BCUT2D eigenvalue weighted by Crippen LogP contribution is 2.33. The molecule has 86 valence electrons. The van der Waals surface area contributed by atoms with Crippen LogP contribution in [0.4, 0.5) is 5.69 Å². The smallest absolute Gasteiger partial charge is 0.312 e. The van der Waals surface area contributed by atoms with E-state index in [9.17, 15) is 9.59 Å². The summed E-state index contributed by atoms with van der Waals surface area (Å²) in [7, 11) is 0. The third-order valence-electron chi connectivity index (χ3n) is 1.58. The molecule has 0 atom stereocenters. The number of rotatable bonds is 3. The number of carboxylic acids is 1. The standard InChI is InChI=1S/C9H6BrCl2NO3/c10-4-1-5(11)9(6(12)2-4)13-7(14)3-8(15)16/h1-2H,3H2,(H,13,14)(H,15,16). The van der Waals surface area contributed by atoms with E-state index in [1.165, 1.54) is 0 Å². The van der Waals surface area contributed by atoms with Crippen LogP contribution in [0.5, 0.6) is 0 Å². The van der Waals surface area contributed by atoms with E-state index in [1.807, 2.05) is 0 Å². The molecule has 0 saturated carbocycles. The number of halogens is 3. The van der Waals surface area contributed by atoms with Crippen LogP contribution in [0.1, 0.15) is 6.42 Å². The highest BCUT2D eigenvalue weighted by molar-refractivity contribution is 9.10. The van der Waals surface area contributed by atoms with Crippen LogP contribution in [0, 0.1) is 0 Å². The molecule has 0 unspecified atom stereocenters. The van der Waals surface area contributed by atoms with Gasteiger partial charge in [-0.2, -0.15) is 0 Å². The van der Waals surface area contributed by atoms with E-state index < -0.39 is 18.3 Å². The van der Waals surface area contributed by atoms with Crippen molar-refractivity contribution in [3.05, 3.63) is 26.7 Å². The summed E-state index contributed by atoms with van der Waals surface area (Å²) in [6.45, 7) is 0. The summed E-state index contributed by atoms with van der Waals surface area (Å²) in [6, 6.07) is 3.09. The van der Waals surface area contributed by atoms with Gasteiger partial charge in [-0.3, -0.25) is 9.59 Å². The summed E-state index contributed by atoms with van der Waals surface area (Å²) in [4.78, 5) is 21.5. The van der Waals surface area contributed by atoms with Crippen molar-refractivity contribution in [3.8, 4) is 0 Å². The number of anilines is 1. The molecular weight excluding hydrogens is 321 g/mol. The van der Waals surface area contributed by atoms with Gasteiger partial charge in [-0.25, -0.2) is 0 Å². The fourth-order valence-electron chi connectivity index (χ4n) is 0.983. The molecular formula is C9H6BrCl2NO3. The molecule has 16 heavy (non-hydrogen) atoms. The lowest BCUT2D eigenvalue weighted by molar-refractivity contribution is -0.139. The highest BCUT2D eigenvalue weighted by Gasteiger charge is 2.13. The minimum Gasteiger partial charge on any atom is -0.481 e. The van der Waals surface area contributed by atoms with Gasteiger partial charge in [0, 0.05) is 4.47 Å². The second-order valence-corrected chi connectivity index (χ2v) is 4.59. The minimum atomic E-state index is -1.22. The molecule has 0 radical (unpaired) electrons. The minimum absolute atomic E-state index is 0.206. The average Bonchev–Trinajstić information content (AvgIpc) is 2.09. The number of benzene rings is 1. The molecule has 7 heteroatoms. The Kier molecular flexibility index (Phi) is 4.58. The van der Waals surface area contributed by atoms with Crippen LogP contribution in [0.3, 0.4) is 0 Å². The maximum Gasteiger partial charge on any atom is 0.312 e. The van der Waals surface area contributed by atoms with E-state index >= 15 is 0 Å². The largest absolute Gasteiger partial charge is 0.481 e. The highest BCUT2D eigenvalue weighted by atomic mass is 79.9. The lowest BCUT2D eigenvalue weighted by Gasteiger charge is -2.08. The summed E-state index contributed by atoms with van der Waals surface area (Å²) in [5, 5.41) is 11.2. The molecule has 0 heterocycles. The lowest BCUT2D eigenvalue weighted by Crippen LogP contribution is -2.16. The topological polar surface area (TPSA) is 66.4 Å². The number of nitrogens with one attached hydrogen (secondary N) is 1. The molecule has 1 amide bonds. The number of hydrogen-bond acceptors (Lipinski definition) is 2. The number of amides is 1. The summed E-state index contributed by atoms with van der Waals surface area (Å²) in [5.74, 6) is -1.90. The van der Waals surface area contributed by atoms with Gasteiger partial charge in [0.15, 0.2) is 0 Å². The Morgan fingerprint density at radius 2 is 1.81 bits per heavy atom. The van der Waals surface area contributed by atoms with E-state index in [1.54, 1.807) is 12.1 Å². The molecule has 1 aromatic rings. The first-order valence-electron chi connectivity index (χ1n) is 4.06. The van der Waals surface area contributed by atoms with Gasteiger partial charge in [0.25, 0.3) is 0 Å². The predicted octanol–water partition coefficient (Wildman–Crippen LogP) is 3.17. The number of carbonyl (C=O) groups excluding carboxylic acids is 1. The monoisotopic (exact) mass is 325 g/mol. The zero-order chi connectivity index (χ0) is 12.3. The first kappa shape index (κ1) is 13.3. The predicted molar refractivity (Wildman–Crippen MR) is 65.0 cm³/mol. The molecule has 2 N–H and O–H groups in total. The van der Waals surface area contributed by atoms with Gasteiger partial charge >= 0.3 is 5.97 Å². The number of aliphatic carboxylic acids is 1. The zero-order valence-corrected chi connectivity index (χ0v) is 10.9. The Morgan fingerprint density at radius 1 is 1.31 bits per heavy atom. The van der Waals surface area contributed by atoms with Gasteiger partial charge < -0.3 is 10.4 Å². The summed E-state index contributed by atoms with van der Waals surface area (Å²) in [6.07, 6.45) is -0.636. The molecule has 4 nitrogen and oxygen atoms in total. The second-order valence-electron chi connectivity index (χ2n) is 2.86. The van der Waals surface area contributed by atoms with Crippen LogP contribution in [-0.2, 0) is 9.59 Å². The number of carboxylic acid groups (broad SMARTS) is 1. The molecule has 0 aliphatic carbocycles. The van der Waals surface area contributed by atoms with E-state index in [0.29, 0.717) is 4.47 Å². The van der Waals surface area contributed by atoms with Crippen LogP contribution in [-0.4, -0.2) is 17.0 Å². The average molecular weight is 327 g/mol. The summed E-state index contributed by atoms with van der Waals surface area (Å²) >= 11 is 14.9.